The smallest absolute Gasteiger partial charge is 0.320 e. The Morgan fingerprint density at radius 2 is 2.12 bits per heavy atom. The highest BCUT2D eigenvalue weighted by atomic mass is 16.5. The van der Waals surface area contributed by atoms with Crippen molar-refractivity contribution in [1.29, 1.82) is 0 Å². The predicted molar refractivity (Wildman–Crippen MR) is 91.0 cm³/mol. The molecule has 24 heavy (non-hydrogen) atoms. The Kier molecular flexibility index (Phi) is 6.61. The van der Waals surface area contributed by atoms with Crippen LogP contribution in [0.1, 0.15) is 44.7 Å². The Morgan fingerprint density at radius 3 is 2.79 bits per heavy atom. The number of para-hydroxylation sites is 1. The first-order valence-electron chi connectivity index (χ1n) is 8.54. The van der Waals surface area contributed by atoms with E-state index in [0.717, 1.165) is 24.2 Å². The molecule has 0 aromatic heterocycles. The quantitative estimate of drug-likeness (QED) is 0.762. The Morgan fingerprint density at radius 1 is 1.38 bits per heavy atom. The molecule has 0 bridgehead atoms. The molecule has 1 aromatic rings. The van der Waals surface area contributed by atoms with Gasteiger partial charge in [-0.2, -0.15) is 0 Å². The maximum absolute atomic E-state index is 12.4. The number of hydrogen-bond acceptors (Lipinski definition) is 4. The highest BCUT2D eigenvalue weighted by molar-refractivity contribution is 5.80. The van der Waals surface area contributed by atoms with Crippen LogP contribution in [0.2, 0.25) is 0 Å². The van der Waals surface area contributed by atoms with Gasteiger partial charge >= 0.3 is 5.97 Å². The number of aliphatic carboxylic acids is 1. The number of hydrogen-bond donors (Lipinski definition) is 2. The van der Waals surface area contributed by atoms with E-state index in [1.807, 2.05) is 38.1 Å². The van der Waals surface area contributed by atoms with Crippen molar-refractivity contribution in [3.05, 3.63) is 29.8 Å². The molecule has 0 radical (unpaired) electrons. The highest BCUT2D eigenvalue weighted by Crippen LogP contribution is 2.27. The molecule has 2 atom stereocenters. The molecule has 1 aliphatic heterocycles. The van der Waals surface area contributed by atoms with Gasteiger partial charge in [0.1, 0.15) is 11.8 Å². The van der Waals surface area contributed by atoms with Crippen molar-refractivity contribution < 1.29 is 19.4 Å². The molecule has 0 unspecified atom stereocenters. The molecule has 1 aromatic carbocycles. The number of benzene rings is 1. The third-order valence-electron chi connectivity index (χ3n) is 4.33. The van der Waals surface area contributed by atoms with E-state index < -0.39 is 12.0 Å². The van der Waals surface area contributed by atoms with E-state index in [9.17, 15) is 14.7 Å². The lowest BCUT2D eigenvalue weighted by molar-refractivity contribution is -0.142. The number of rotatable bonds is 8. The molecule has 1 heterocycles. The normalized spacial score (nSPS) is 19.0. The van der Waals surface area contributed by atoms with Crippen LogP contribution in [-0.2, 0) is 9.59 Å². The third kappa shape index (κ3) is 4.47. The lowest BCUT2D eigenvalue weighted by atomic mass is 10.0. The Bertz CT molecular complexity index is 576. The van der Waals surface area contributed by atoms with Gasteiger partial charge in [-0.05, 0) is 38.8 Å². The van der Waals surface area contributed by atoms with E-state index in [0.29, 0.717) is 19.6 Å². The average Bonchev–Trinajstić information content (AvgIpc) is 3.02. The Labute approximate surface area is 142 Å². The second kappa shape index (κ2) is 8.68. The standard InChI is InChI=1S/C18H26N2O4/c1-3-14(13-8-5-6-10-16(13)24-4-2)19-17(21)12-20-11-7-9-15(20)18(22)23/h5-6,8,10,14-15H,3-4,7,9,11-12H2,1-2H3,(H,19,21)(H,22,23)/t14-,15-/m0/s1. The van der Waals surface area contributed by atoms with Gasteiger partial charge in [-0.3, -0.25) is 14.5 Å². The molecule has 6 nitrogen and oxygen atoms in total. The minimum absolute atomic E-state index is 0.115. The molecule has 0 aliphatic carbocycles. The number of amides is 1. The van der Waals surface area contributed by atoms with Gasteiger partial charge in [0.15, 0.2) is 0 Å². The van der Waals surface area contributed by atoms with Crippen molar-refractivity contribution in [2.75, 3.05) is 19.7 Å². The summed E-state index contributed by atoms with van der Waals surface area (Å²) in [7, 11) is 0. The van der Waals surface area contributed by atoms with Crippen LogP contribution < -0.4 is 10.1 Å². The van der Waals surface area contributed by atoms with Gasteiger partial charge in [0, 0.05) is 5.56 Å². The topological polar surface area (TPSA) is 78.9 Å². The minimum Gasteiger partial charge on any atom is -0.494 e. The number of nitrogens with one attached hydrogen (secondary N) is 1. The maximum Gasteiger partial charge on any atom is 0.320 e. The number of carboxylic acid groups (broad SMARTS) is 1. The molecule has 132 valence electrons. The number of ether oxygens (including phenoxy) is 1. The summed E-state index contributed by atoms with van der Waals surface area (Å²) in [6, 6.07) is 6.99. The molecular weight excluding hydrogens is 308 g/mol. The first-order valence-corrected chi connectivity index (χ1v) is 8.54. The van der Waals surface area contributed by atoms with E-state index >= 15 is 0 Å². The van der Waals surface area contributed by atoms with Crippen molar-refractivity contribution in [3.8, 4) is 5.75 Å². The van der Waals surface area contributed by atoms with Crippen LogP contribution >= 0.6 is 0 Å². The highest BCUT2D eigenvalue weighted by Gasteiger charge is 2.32. The molecule has 2 rings (SSSR count). The average molecular weight is 334 g/mol. The predicted octanol–water partition coefficient (Wildman–Crippen LogP) is 2.20. The van der Waals surface area contributed by atoms with Gasteiger partial charge < -0.3 is 15.2 Å². The van der Waals surface area contributed by atoms with Crippen molar-refractivity contribution in [3.63, 3.8) is 0 Å². The zero-order chi connectivity index (χ0) is 17.5. The van der Waals surface area contributed by atoms with Crippen LogP contribution in [0.4, 0.5) is 0 Å². The Hall–Kier alpha value is -2.08. The lowest BCUT2D eigenvalue weighted by Gasteiger charge is -2.24. The Balaban J connectivity index is 2.02. The molecule has 1 amide bonds. The molecule has 0 spiro atoms. The summed E-state index contributed by atoms with van der Waals surface area (Å²) in [4.78, 5) is 25.3. The van der Waals surface area contributed by atoms with E-state index in [1.54, 1.807) is 4.90 Å². The van der Waals surface area contributed by atoms with E-state index in [2.05, 4.69) is 5.32 Å². The van der Waals surface area contributed by atoms with Crippen LogP contribution in [0, 0.1) is 0 Å². The third-order valence-corrected chi connectivity index (χ3v) is 4.33. The van der Waals surface area contributed by atoms with Crippen LogP contribution in [0.5, 0.6) is 5.75 Å². The summed E-state index contributed by atoms with van der Waals surface area (Å²) in [5, 5.41) is 12.2. The number of carbonyl (C=O) groups excluding carboxylic acids is 1. The van der Waals surface area contributed by atoms with Gasteiger partial charge in [0.2, 0.25) is 5.91 Å². The first kappa shape index (κ1) is 18.3. The monoisotopic (exact) mass is 334 g/mol. The van der Waals surface area contributed by atoms with Crippen molar-refractivity contribution in [2.45, 2.75) is 45.2 Å². The summed E-state index contributed by atoms with van der Waals surface area (Å²) in [5.74, 6) is -0.230. The summed E-state index contributed by atoms with van der Waals surface area (Å²) in [6.45, 7) is 5.26. The molecule has 1 fully saturated rings. The SMILES string of the molecule is CCOc1ccccc1[C@H](CC)NC(=O)CN1CCC[C@H]1C(=O)O. The van der Waals surface area contributed by atoms with E-state index in [4.69, 9.17) is 4.74 Å². The van der Waals surface area contributed by atoms with Gasteiger partial charge in [0.05, 0.1) is 19.2 Å². The van der Waals surface area contributed by atoms with Gasteiger partial charge in [-0.1, -0.05) is 25.1 Å². The molecule has 1 saturated heterocycles. The van der Waals surface area contributed by atoms with E-state index in [-0.39, 0.29) is 18.5 Å². The van der Waals surface area contributed by atoms with Gasteiger partial charge in [-0.25, -0.2) is 0 Å². The van der Waals surface area contributed by atoms with Crippen LogP contribution in [0.15, 0.2) is 24.3 Å². The van der Waals surface area contributed by atoms with Crippen molar-refractivity contribution >= 4 is 11.9 Å². The number of likely N-dealkylation sites (tertiary alicyclic amines) is 1. The van der Waals surface area contributed by atoms with Gasteiger partial charge in [0.25, 0.3) is 0 Å². The summed E-state index contributed by atoms with van der Waals surface area (Å²) in [5.41, 5.74) is 0.950. The fraction of sp³-hybridized carbons (Fsp3) is 0.556. The fourth-order valence-corrected chi connectivity index (χ4v) is 3.17. The van der Waals surface area contributed by atoms with Crippen LogP contribution in [0.3, 0.4) is 0 Å². The number of carbonyl (C=O) groups is 2. The summed E-state index contributed by atoms with van der Waals surface area (Å²) in [6.07, 6.45) is 2.15. The van der Waals surface area contributed by atoms with Gasteiger partial charge in [-0.15, -0.1) is 0 Å². The first-order chi connectivity index (χ1) is 11.6. The molecule has 2 N–H and O–H groups in total. The minimum atomic E-state index is -0.853. The second-order valence-corrected chi connectivity index (χ2v) is 5.97. The maximum atomic E-state index is 12.4. The summed E-state index contributed by atoms with van der Waals surface area (Å²) < 4.78 is 5.64. The zero-order valence-electron chi connectivity index (χ0n) is 14.3. The fourth-order valence-electron chi connectivity index (χ4n) is 3.17. The zero-order valence-corrected chi connectivity index (χ0v) is 14.3. The number of carboxylic acids is 1. The largest absolute Gasteiger partial charge is 0.494 e. The molecular formula is C18H26N2O4. The number of nitrogens with zero attached hydrogens (tertiary/aromatic N) is 1. The summed E-state index contributed by atoms with van der Waals surface area (Å²) >= 11 is 0. The molecule has 0 saturated carbocycles. The van der Waals surface area contributed by atoms with E-state index in [1.165, 1.54) is 0 Å². The van der Waals surface area contributed by atoms with Crippen LogP contribution in [0.25, 0.3) is 0 Å². The molecule has 6 heteroatoms. The van der Waals surface area contributed by atoms with Crippen LogP contribution in [-0.4, -0.2) is 47.6 Å². The second-order valence-electron chi connectivity index (χ2n) is 5.97. The molecule has 1 aliphatic rings. The van der Waals surface area contributed by atoms with Crippen molar-refractivity contribution in [1.82, 2.24) is 10.2 Å². The van der Waals surface area contributed by atoms with Crippen molar-refractivity contribution in [2.24, 2.45) is 0 Å². The lowest BCUT2D eigenvalue weighted by Crippen LogP contribution is -2.43.